The van der Waals surface area contributed by atoms with Crippen LogP contribution in [0, 0.1) is 11.3 Å². The molecule has 1 amide bonds. The summed E-state index contributed by atoms with van der Waals surface area (Å²) in [6, 6.07) is 16.6. The van der Waals surface area contributed by atoms with Gasteiger partial charge in [-0.15, -0.1) is 0 Å². The minimum Gasteiger partial charge on any atom is -0.489 e. The van der Waals surface area contributed by atoms with Crippen molar-refractivity contribution in [2.24, 2.45) is 0 Å². The summed E-state index contributed by atoms with van der Waals surface area (Å²) in [7, 11) is 0. The first-order valence-corrected chi connectivity index (χ1v) is 9.51. The second kappa shape index (κ2) is 9.93. The number of carbonyl (C=O) groups is 1. The van der Waals surface area contributed by atoms with Crippen molar-refractivity contribution in [3.05, 3.63) is 70.3 Å². The Morgan fingerprint density at radius 2 is 2.00 bits per heavy atom. The van der Waals surface area contributed by atoms with Gasteiger partial charge in [0, 0.05) is 18.2 Å². The quantitative estimate of drug-likeness (QED) is 0.564. The number of halogens is 1. The number of carbonyl (C=O) groups excluding carboxylic acids is 1. The molecule has 144 valence electrons. The molecule has 0 saturated carbocycles. The van der Waals surface area contributed by atoms with Crippen molar-refractivity contribution in [1.29, 1.82) is 5.26 Å². The topological polar surface area (TPSA) is 71.3 Å². The van der Waals surface area contributed by atoms with Crippen LogP contribution in [0.3, 0.4) is 0 Å². The molecule has 2 aromatic carbocycles. The summed E-state index contributed by atoms with van der Waals surface area (Å²) < 4.78 is 11.2. The second-order valence-electron chi connectivity index (χ2n) is 6.50. The number of nitrogens with zero attached hydrogens (tertiary/aromatic N) is 1. The number of nitrogens with one attached hydrogen (secondary N) is 1. The van der Waals surface area contributed by atoms with Gasteiger partial charge in [-0.2, -0.15) is 5.26 Å². The van der Waals surface area contributed by atoms with Crippen LogP contribution in [-0.4, -0.2) is 25.2 Å². The fourth-order valence-electron chi connectivity index (χ4n) is 2.83. The molecule has 0 unspecified atom stereocenters. The normalized spacial score (nSPS) is 16.4. The van der Waals surface area contributed by atoms with Crippen molar-refractivity contribution in [2.75, 3.05) is 13.2 Å². The Morgan fingerprint density at radius 3 is 2.64 bits per heavy atom. The average Bonchev–Trinajstić information content (AvgIpc) is 3.24. The Balaban J connectivity index is 1.55. The van der Waals surface area contributed by atoms with Gasteiger partial charge < -0.3 is 14.8 Å². The van der Waals surface area contributed by atoms with Crippen LogP contribution in [0.4, 0.5) is 0 Å². The SMILES string of the molecule is N#C/C(=C\c1ccc(OCc2ccc(Cl)cc2)cc1)C(=O)NC[C@H]1CCCO1. The van der Waals surface area contributed by atoms with Gasteiger partial charge in [-0.1, -0.05) is 35.9 Å². The van der Waals surface area contributed by atoms with Crippen LogP contribution in [0.1, 0.15) is 24.0 Å². The minimum atomic E-state index is -0.388. The predicted molar refractivity (Wildman–Crippen MR) is 108 cm³/mol. The van der Waals surface area contributed by atoms with E-state index in [-0.39, 0.29) is 17.6 Å². The van der Waals surface area contributed by atoms with Gasteiger partial charge in [-0.3, -0.25) is 4.79 Å². The van der Waals surface area contributed by atoms with E-state index in [9.17, 15) is 10.1 Å². The van der Waals surface area contributed by atoms with Crippen LogP contribution < -0.4 is 10.1 Å². The molecule has 1 N–H and O–H groups in total. The number of hydrogen-bond donors (Lipinski definition) is 1. The molecule has 2 aromatic rings. The minimum absolute atomic E-state index is 0.0426. The third kappa shape index (κ3) is 5.85. The molecule has 28 heavy (non-hydrogen) atoms. The number of rotatable bonds is 7. The molecule has 1 saturated heterocycles. The molecular formula is C22H21ClN2O3. The number of nitriles is 1. The van der Waals surface area contributed by atoms with Crippen LogP contribution in [0.5, 0.6) is 5.75 Å². The lowest BCUT2D eigenvalue weighted by Gasteiger charge is -2.10. The zero-order valence-corrected chi connectivity index (χ0v) is 16.1. The molecule has 1 heterocycles. The fraction of sp³-hybridized carbons (Fsp3) is 0.273. The lowest BCUT2D eigenvalue weighted by molar-refractivity contribution is -0.117. The predicted octanol–water partition coefficient (Wildman–Crippen LogP) is 4.12. The molecule has 1 aliphatic heterocycles. The third-order valence-corrected chi connectivity index (χ3v) is 4.64. The number of benzene rings is 2. The van der Waals surface area contributed by atoms with Gasteiger partial charge in [0.1, 0.15) is 24.0 Å². The van der Waals surface area contributed by atoms with E-state index in [4.69, 9.17) is 21.1 Å². The van der Waals surface area contributed by atoms with E-state index in [1.54, 1.807) is 18.2 Å². The number of hydrogen-bond acceptors (Lipinski definition) is 4. The van der Waals surface area contributed by atoms with Gasteiger partial charge in [0.2, 0.25) is 0 Å². The molecule has 0 spiro atoms. The summed E-state index contributed by atoms with van der Waals surface area (Å²) in [5.41, 5.74) is 1.83. The second-order valence-corrected chi connectivity index (χ2v) is 6.94. The molecule has 1 aliphatic rings. The zero-order valence-electron chi connectivity index (χ0n) is 15.4. The van der Waals surface area contributed by atoms with Crippen LogP contribution >= 0.6 is 11.6 Å². The fourth-order valence-corrected chi connectivity index (χ4v) is 2.96. The van der Waals surface area contributed by atoms with Gasteiger partial charge in [0.25, 0.3) is 5.91 Å². The first-order valence-electron chi connectivity index (χ1n) is 9.13. The summed E-state index contributed by atoms with van der Waals surface area (Å²) in [5, 5.41) is 12.7. The van der Waals surface area contributed by atoms with Crippen LogP contribution in [-0.2, 0) is 16.1 Å². The largest absolute Gasteiger partial charge is 0.489 e. The lowest BCUT2D eigenvalue weighted by atomic mass is 10.1. The van der Waals surface area contributed by atoms with E-state index in [0.717, 1.165) is 30.6 Å². The first-order chi connectivity index (χ1) is 13.6. The van der Waals surface area contributed by atoms with Crippen molar-refractivity contribution in [1.82, 2.24) is 5.32 Å². The van der Waals surface area contributed by atoms with Crippen molar-refractivity contribution >= 4 is 23.6 Å². The summed E-state index contributed by atoms with van der Waals surface area (Å²) in [5.74, 6) is 0.314. The van der Waals surface area contributed by atoms with E-state index >= 15 is 0 Å². The molecule has 1 fully saturated rings. The maximum Gasteiger partial charge on any atom is 0.262 e. The first kappa shape index (κ1) is 19.9. The monoisotopic (exact) mass is 396 g/mol. The van der Waals surface area contributed by atoms with E-state index in [1.807, 2.05) is 42.5 Å². The van der Waals surface area contributed by atoms with Gasteiger partial charge in [-0.25, -0.2) is 0 Å². The Morgan fingerprint density at radius 1 is 1.25 bits per heavy atom. The number of ether oxygens (including phenoxy) is 2. The molecule has 0 bridgehead atoms. The molecule has 3 rings (SSSR count). The molecular weight excluding hydrogens is 376 g/mol. The standard InChI is InChI=1S/C22H21ClN2O3/c23-19-7-3-17(4-8-19)15-28-20-9-5-16(6-10-20)12-18(13-24)22(26)25-14-21-2-1-11-27-21/h3-10,12,21H,1-2,11,14-15H2,(H,25,26)/b18-12+/t21-/m1/s1. The van der Waals surface area contributed by atoms with Crippen molar-refractivity contribution in [2.45, 2.75) is 25.6 Å². The van der Waals surface area contributed by atoms with E-state index in [0.29, 0.717) is 23.9 Å². The highest BCUT2D eigenvalue weighted by Gasteiger charge is 2.17. The molecule has 0 radical (unpaired) electrons. The average molecular weight is 397 g/mol. The Labute approximate surface area is 169 Å². The summed E-state index contributed by atoms with van der Waals surface area (Å²) in [4.78, 5) is 12.2. The van der Waals surface area contributed by atoms with Crippen LogP contribution in [0.25, 0.3) is 6.08 Å². The molecule has 0 aliphatic carbocycles. The van der Waals surface area contributed by atoms with E-state index < -0.39 is 0 Å². The van der Waals surface area contributed by atoms with Gasteiger partial charge in [0.15, 0.2) is 0 Å². The maximum atomic E-state index is 12.2. The van der Waals surface area contributed by atoms with Crippen molar-refractivity contribution in [3.63, 3.8) is 0 Å². The van der Waals surface area contributed by atoms with Crippen molar-refractivity contribution in [3.8, 4) is 11.8 Å². The smallest absolute Gasteiger partial charge is 0.262 e. The maximum absolute atomic E-state index is 12.2. The molecule has 6 heteroatoms. The Kier molecular flexibility index (Phi) is 7.07. The summed E-state index contributed by atoms with van der Waals surface area (Å²) in [6.07, 6.45) is 3.55. The Bertz CT molecular complexity index is 864. The Hall–Kier alpha value is -2.81. The van der Waals surface area contributed by atoms with Gasteiger partial charge in [0.05, 0.1) is 6.10 Å². The highest BCUT2D eigenvalue weighted by molar-refractivity contribution is 6.30. The third-order valence-electron chi connectivity index (χ3n) is 4.39. The lowest BCUT2D eigenvalue weighted by Crippen LogP contribution is -2.32. The van der Waals surface area contributed by atoms with Gasteiger partial charge in [-0.05, 0) is 54.3 Å². The van der Waals surface area contributed by atoms with E-state index in [2.05, 4.69) is 5.32 Å². The van der Waals surface area contributed by atoms with E-state index in [1.165, 1.54) is 0 Å². The van der Waals surface area contributed by atoms with Crippen LogP contribution in [0.15, 0.2) is 54.1 Å². The van der Waals surface area contributed by atoms with Gasteiger partial charge >= 0.3 is 0 Å². The highest BCUT2D eigenvalue weighted by atomic mass is 35.5. The summed E-state index contributed by atoms with van der Waals surface area (Å²) in [6.45, 7) is 1.59. The zero-order chi connectivity index (χ0) is 19.8. The molecule has 1 atom stereocenters. The van der Waals surface area contributed by atoms with Crippen LogP contribution in [0.2, 0.25) is 5.02 Å². The molecule has 0 aromatic heterocycles. The molecule has 5 nitrogen and oxygen atoms in total. The van der Waals surface area contributed by atoms with Crippen molar-refractivity contribution < 1.29 is 14.3 Å². The highest BCUT2D eigenvalue weighted by Crippen LogP contribution is 2.17. The number of amides is 1. The summed E-state index contributed by atoms with van der Waals surface area (Å²) >= 11 is 5.87.